The van der Waals surface area contributed by atoms with Crippen LogP contribution in [0.25, 0.3) is 0 Å². The second-order valence-electron chi connectivity index (χ2n) is 8.28. The van der Waals surface area contributed by atoms with E-state index in [1.165, 1.54) is 0 Å². The summed E-state index contributed by atoms with van der Waals surface area (Å²) in [5.74, 6) is -0.126. The molecule has 0 unspecified atom stereocenters. The van der Waals surface area contributed by atoms with E-state index in [1.807, 2.05) is 71.6 Å². The van der Waals surface area contributed by atoms with Crippen LogP contribution >= 0.6 is 0 Å². The van der Waals surface area contributed by atoms with Crippen LogP contribution in [-0.4, -0.2) is 48.3 Å². The van der Waals surface area contributed by atoms with Crippen molar-refractivity contribution in [3.63, 3.8) is 0 Å². The molecule has 1 aliphatic rings. The van der Waals surface area contributed by atoms with Gasteiger partial charge in [-0.1, -0.05) is 78.9 Å². The van der Waals surface area contributed by atoms with Crippen molar-refractivity contribution in [2.24, 2.45) is 0 Å². The number of rotatable bonds is 6. The fraction of sp³-hybridized carbons (Fsp3) is 0.259. The lowest BCUT2D eigenvalue weighted by Gasteiger charge is -2.41. The SMILES string of the molecule is CN1CCN(C(=O)C[C@@H](NC(=O)c2ccccc2)c2ccccc2)[C@H](c2ccccc2)C1. The maximum atomic E-state index is 13.5. The normalized spacial score (nSPS) is 17.5. The molecule has 1 heterocycles. The Morgan fingerprint density at radius 2 is 1.47 bits per heavy atom. The second-order valence-corrected chi connectivity index (χ2v) is 8.28. The molecule has 1 N–H and O–H groups in total. The maximum Gasteiger partial charge on any atom is 0.251 e. The number of nitrogens with one attached hydrogen (secondary N) is 1. The zero-order valence-corrected chi connectivity index (χ0v) is 18.4. The minimum atomic E-state index is -0.396. The first-order valence-corrected chi connectivity index (χ1v) is 11.1. The summed E-state index contributed by atoms with van der Waals surface area (Å²) >= 11 is 0. The fourth-order valence-corrected chi connectivity index (χ4v) is 4.24. The molecule has 0 bridgehead atoms. The van der Waals surface area contributed by atoms with E-state index in [0.717, 1.165) is 24.2 Å². The van der Waals surface area contributed by atoms with E-state index < -0.39 is 6.04 Å². The molecule has 1 saturated heterocycles. The van der Waals surface area contributed by atoms with Crippen molar-refractivity contribution >= 4 is 11.8 Å². The lowest BCUT2D eigenvalue weighted by molar-refractivity contribution is -0.136. The molecule has 5 heteroatoms. The third-order valence-electron chi connectivity index (χ3n) is 6.01. The summed E-state index contributed by atoms with van der Waals surface area (Å²) in [4.78, 5) is 30.6. The van der Waals surface area contributed by atoms with Crippen molar-refractivity contribution in [1.82, 2.24) is 15.1 Å². The summed E-state index contributed by atoms with van der Waals surface area (Å²) < 4.78 is 0. The summed E-state index contributed by atoms with van der Waals surface area (Å²) in [6, 6.07) is 28.6. The van der Waals surface area contributed by atoms with Crippen molar-refractivity contribution in [3.8, 4) is 0 Å². The molecule has 0 aliphatic carbocycles. The average molecular weight is 428 g/mol. The minimum Gasteiger partial charge on any atom is -0.345 e. The van der Waals surface area contributed by atoms with Crippen LogP contribution in [0.15, 0.2) is 91.0 Å². The van der Waals surface area contributed by atoms with Gasteiger partial charge in [0.05, 0.1) is 18.5 Å². The van der Waals surface area contributed by atoms with Crippen LogP contribution in [0, 0.1) is 0 Å². The van der Waals surface area contributed by atoms with E-state index in [-0.39, 0.29) is 24.3 Å². The van der Waals surface area contributed by atoms with Crippen LogP contribution < -0.4 is 5.32 Å². The summed E-state index contributed by atoms with van der Waals surface area (Å²) in [7, 11) is 2.09. The van der Waals surface area contributed by atoms with Crippen LogP contribution in [0.2, 0.25) is 0 Å². The Balaban J connectivity index is 1.55. The first kappa shape index (κ1) is 21.8. The Labute approximate surface area is 189 Å². The maximum absolute atomic E-state index is 13.5. The summed E-state index contributed by atoms with van der Waals surface area (Å²) in [6.07, 6.45) is 0.218. The minimum absolute atomic E-state index is 0.00342. The lowest BCUT2D eigenvalue weighted by Crippen LogP contribution is -2.50. The molecule has 1 aliphatic heterocycles. The highest BCUT2D eigenvalue weighted by Crippen LogP contribution is 2.28. The number of amides is 2. The molecule has 0 radical (unpaired) electrons. The molecular formula is C27H29N3O2. The monoisotopic (exact) mass is 427 g/mol. The van der Waals surface area contributed by atoms with Crippen LogP contribution in [-0.2, 0) is 4.79 Å². The Bertz CT molecular complexity index is 1020. The molecule has 0 aromatic heterocycles. The first-order valence-electron chi connectivity index (χ1n) is 11.1. The van der Waals surface area contributed by atoms with E-state index in [0.29, 0.717) is 12.1 Å². The third-order valence-corrected chi connectivity index (χ3v) is 6.01. The molecule has 1 fully saturated rings. The van der Waals surface area contributed by atoms with Gasteiger partial charge in [-0.3, -0.25) is 9.59 Å². The number of benzene rings is 3. The predicted molar refractivity (Wildman–Crippen MR) is 126 cm³/mol. The van der Waals surface area contributed by atoms with Crippen LogP contribution in [0.4, 0.5) is 0 Å². The second kappa shape index (κ2) is 10.2. The zero-order chi connectivity index (χ0) is 22.3. The van der Waals surface area contributed by atoms with E-state index in [9.17, 15) is 9.59 Å². The molecule has 32 heavy (non-hydrogen) atoms. The van der Waals surface area contributed by atoms with Gasteiger partial charge in [-0.2, -0.15) is 0 Å². The molecule has 4 rings (SSSR count). The summed E-state index contributed by atoms with van der Waals surface area (Å²) in [5, 5.41) is 3.09. The molecule has 3 aromatic rings. The van der Waals surface area contributed by atoms with Gasteiger partial charge in [0, 0.05) is 25.2 Å². The van der Waals surface area contributed by atoms with Gasteiger partial charge >= 0.3 is 0 Å². The Morgan fingerprint density at radius 1 is 0.875 bits per heavy atom. The largest absolute Gasteiger partial charge is 0.345 e. The van der Waals surface area contributed by atoms with Gasteiger partial charge in [0.15, 0.2) is 0 Å². The number of carbonyl (C=O) groups is 2. The van der Waals surface area contributed by atoms with Crippen molar-refractivity contribution in [2.75, 3.05) is 26.7 Å². The number of hydrogen-bond acceptors (Lipinski definition) is 3. The Hall–Kier alpha value is -3.44. The van der Waals surface area contributed by atoms with Gasteiger partial charge in [-0.05, 0) is 30.3 Å². The zero-order valence-electron chi connectivity index (χ0n) is 18.4. The molecule has 2 atom stereocenters. The Morgan fingerprint density at radius 3 is 2.12 bits per heavy atom. The van der Waals surface area contributed by atoms with E-state index in [4.69, 9.17) is 0 Å². The predicted octanol–water partition coefficient (Wildman–Crippen LogP) is 4.06. The van der Waals surface area contributed by atoms with Gasteiger partial charge in [-0.15, -0.1) is 0 Å². The molecule has 0 saturated carbocycles. The van der Waals surface area contributed by atoms with E-state index in [2.05, 4.69) is 29.4 Å². The highest BCUT2D eigenvalue weighted by molar-refractivity contribution is 5.94. The number of likely N-dealkylation sites (N-methyl/N-ethyl adjacent to an activating group) is 1. The lowest BCUT2D eigenvalue weighted by atomic mass is 9.99. The van der Waals surface area contributed by atoms with Crippen molar-refractivity contribution < 1.29 is 9.59 Å². The number of piperazine rings is 1. The van der Waals surface area contributed by atoms with E-state index >= 15 is 0 Å². The molecular weight excluding hydrogens is 398 g/mol. The molecule has 0 spiro atoms. The van der Waals surface area contributed by atoms with E-state index in [1.54, 1.807) is 12.1 Å². The average Bonchev–Trinajstić information content (AvgIpc) is 2.85. The third kappa shape index (κ3) is 5.24. The Kier molecular flexibility index (Phi) is 6.97. The highest BCUT2D eigenvalue weighted by Gasteiger charge is 2.32. The smallest absolute Gasteiger partial charge is 0.251 e. The van der Waals surface area contributed by atoms with Crippen LogP contribution in [0.3, 0.4) is 0 Å². The van der Waals surface area contributed by atoms with Gasteiger partial charge < -0.3 is 15.1 Å². The summed E-state index contributed by atoms with van der Waals surface area (Å²) in [6.45, 7) is 2.30. The fourth-order valence-electron chi connectivity index (χ4n) is 4.24. The van der Waals surface area contributed by atoms with Crippen LogP contribution in [0.5, 0.6) is 0 Å². The van der Waals surface area contributed by atoms with Gasteiger partial charge in [0.2, 0.25) is 5.91 Å². The number of carbonyl (C=O) groups excluding carboxylic acids is 2. The van der Waals surface area contributed by atoms with Gasteiger partial charge in [0.25, 0.3) is 5.91 Å². The number of nitrogens with zero attached hydrogens (tertiary/aromatic N) is 2. The standard InChI is InChI=1S/C27H29N3O2/c1-29-17-18-30(25(20-29)22-13-7-3-8-14-22)26(31)19-24(21-11-5-2-6-12-21)28-27(32)23-15-9-4-10-16-23/h2-16,24-25H,17-20H2,1H3,(H,28,32)/t24-,25+/m1/s1. The van der Waals surface area contributed by atoms with Crippen molar-refractivity contribution in [1.29, 1.82) is 0 Å². The van der Waals surface area contributed by atoms with Gasteiger partial charge in [-0.25, -0.2) is 0 Å². The van der Waals surface area contributed by atoms with Crippen LogP contribution in [0.1, 0.15) is 40.0 Å². The van der Waals surface area contributed by atoms with Crippen molar-refractivity contribution in [2.45, 2.75) is 18.5 Å². The number of hydrogen-bond donors (Lipinski definition) is 1. The highest BCUT2D eigenvalue weighted by atomic mass is 16.2. The topological polar surface area (TPSA) is 52.6 Å². The summed E-state index contributed by atoms with van der Waals surface area (Å²) in [5.41, 5.74) is 2.65. The first-order chi connectivity index (χ1) is 15.6. The quantitative estimate of drug-likeness (QED) is 0.645. The molecule has 2 amide bonds. The molecule has 164 valence electrons. The van der Waals surface area contributed by atoms with Gasteiger partial charge in [0.1, 0.15) is 0 Å². The van der Waals surface area contributed by atoms with Crippen molar-refractivity contribution in [3.05, 3.63) is 108 Å². The molecule has 3 aromatic carbocycles. The molecule has 5 nitrogen and oxygen atoms in total.